The van der Waals surface area contributed by atoms with E-state index in [-0.39, 0.29) is 17.3 Å². The molecule has 0 saturated carbocycles. The molecule has 1 aromatic heterocycles. The number of nitrogens with one attached hydrogen (secondary N) is 1. The number of ether oxygens (including phenoxy) is 1. The smallest absolute Gasteiger partial charge is 0.311 e. The first-order valence-corrected chi connectivity index (χ1v) is 6.20. The first-order chi connectivity index (χ1) is 10.0. The minimum Gasteiger partial charge on any atom is -0.431 e. The lowest BCUT2D eigenvalue weighted by atomic mass is 10.3. The second-order valence-electron chi connectivity index (χ2n) is 4.15. The molecule has 0 aliphatic heterocycles. The van der Waals surface area contributed by atoms with Crippen LogP contribution in [0.1, 0.15) is 12.5 Å². The Hall–Kier alpha value is -2.77. The van der Waals surface area contributed by atoms with Crippen LogP contribution in [0.5, 0.6) is 11.6 Å². The molecule has 0 amide bonds. The number of rotatable bonds is 5. The van der Waals surface area contributed by atoms with E-state index in [1.807, 2.05) is 6.92 Å². The van der Waals surface area contributed by atoms with Gasteiger partial charge in [-0.3, -0.25) is 10.1 Å². The molecule has 0 aliphatic carbocycles. The molecule has 2 rings (SSSR count). The zero-order valence-corrected chi connectivity index (χ0v) is 11.5. The SMILES string of the molecule is CCNc1ncnc(Oc2cc(F)ccc2[N+](=O)[O-])c1C. The van der Waals surface area contributed by atoms with Crippen molar-refractivity contribution in [2.45, 2.75) is 13.8 Å². The molecule has 0 aliphatic rings. The molecule has 0 atom stereocenters. The Bertz CT molecular complexity index is 678. The molecular formula is C13H13FN4O3. The van der Waals surface area contributed by atoms with Gasteiger partial charge in [0, 0.05) is 18.7 Å². The topological polar surface area (TPSA) is 90.2 Å². The van der Waals surface area contributed by atoms with E-state index in [1.54, 1.807) is 6.92 Å². The van der Waals surface area contributed by atoms with E-state index in [0.29, 0.717) is 17.9 Å². The minimum atomic E-state index is -0.642. The molecule has 1 aromatic carbocycles. The fraction of sp³-hybridized carbons (Fsp3) is 0.231. The number of hydrogen-bond acceptors (Lipinski definition) is 6. The average Bonchev–Trinajstić information content (AvgIpc) is 2.43. The van der Waals surface area contributed by atoms with Gasteiger partial charge in [-0.15, -0.1) is 0 Å². The van der Waals surface area contributed by atoms with Crippen LogP contribution in [0.15, 0.2) is 24.5 Å². The highest BCUT2D eigenvalue weighted by Crippen LogP contribution is 2.33. The van der Waals surface area contributed by atoms with Gasteiger partial charge >= 0.3 is 5.69 Å². The number of benzene rings is 1. The molecule has 110 valence electrons. The second-order valence-corrected chi connectivity index (χ2v) is 4.15. The maximum Gasteiger partial charge on any atom is 0.311 e. The van der Waals surface area contributed by atoms with Crippen LogP contribution in [-0.4, -0.2) is 21.4 Å². The predicted molar refractivity (Wildman–Crippen MR) is 74.1 cm³/mol. The molecule has 1 N–H and O–H groups in total. The van der Waals surface area contributed by atoms with E-state index >= 15 is 0 Å². The van der Waals surface area contributed by atoms with Crippen molar-refractivity contribution < 1.29 is 14.1 Å². The zero-order valence-electron chi connectivity index (χ0n) is 11.5. The summed E-state index contributed by atoms with van der Waals surface area (Å²) in [4.78, 5) is 18.3. The zero-order chi connectivity index (χ0) is 15.4. The van der Waals surface area contributed by atoms with Crippen LogP contribution in [0.25, 0.3) is 0 Å². The van der Waals surface area contributed by atoms with Crippen molar-refractivity contribution in [3.8, 4) is 11.6 Å². The molecule has 0 saturated heterocycles. The molecule has 0 spiro atoms. The van der Waals surface area contributed by atoms with Crippen LogP contribution in [0.2, 0.25) is 0 Å². The predicted octanol–water partition coefficient (Wildman–Crippen LogP) is 3.06. The summed E-state index contributed by atoms with van der Waals surface area (Å²) >= 11 is 0. The van der Waals surface area contributed by atoms with Gasteiger partial charge in [-0.25, -0.2) is 14.4 Å². The molecule has 1 heterocycles. The lowest BCUT2D eigenvalue weighted by Gasteiger charge is -2.11. The summed E-state index contributed by atoms with van der Waals surface area (Å²) in [6.45, 7) is 4.26. The first kappa shape index (κ1) is 14.6. The van der Waals surface area contributed by atoms with Gasteiger partial charge in [-0.1, -0.05) is 0 Å². The Morgan fingerprint density at radius 3 is 2.86 bits per heavy atom. The minimum absolute atomic E-state index is 0.134. The van der Waals surface area contributed by atoms with E-state index in [9.17, 15) is 14.5 Å². The molecule has 2 aromatic rings. The van der Waals surface area contributed by atoms with Crippen molar-refractivity contribution in [2.24, 2.45) is 0 Å². The van der Waals surface area contributed by atoms with Crippen molar-refractivity contribution in [3.63, 3.8) is 0 Å². The lowest BCUT2D eigenvalue weighted by Crippen LogP contribution is -2.04. The van der Waals surface area contributed by atoms with Crippen LogP contribution < -0.4 is 10.1 Å². The Balaban J connectivity index is 2.41. The Kier molecular flexibility index (Phi) is 4.27. The fourth-order valence-corrected chi connectivity index (χ4v) is 1.71. The van der Waals surface area contributed by atoms with E-state index in [1.165, 1.54) is 6.33 Å². The number of hydrogen-bond donors (Lipinski definition) is 1. The first-order valence-electron chi connectivity index (χ1n) is 6.20. The van der Waals surface area contributed by atoms with Gasteiger partial charge in [0.15, 0.2) is 0 Å². The van der Waals surface area contributed by atoms with E-state index in [2.05, 4.69) is 15.3 Å². The van der Waals surface area contributed by atoms with Gasteiger partial charge < -0.3 is 10.1 Å². The highest BCUT2D eigenvalue weighted by Gasteiger charge is 2.19. The van der Waals surface area contributed by atoms with Crippen molar-refractivity contribution in [1.29, 1.82) is 0 Å². The molecule has 8 heteroatoms. The molecule has 0 radical (unpaired) electrons. The summed E-state index contributed by atoms with van der Waals surface area (Å²) in [5, 5.41) is 13.9. The van der Waals surface area contributed by atoms with Crippen LogP contribution >= 0.6 is 0 Å². The quantitative estimate of drug-likeness (QED) is 0.672. The van der Waals surface area contributed by atoms with Gasteiger partial charge in [-0.2, -0.15) is 0 Å². The number of nitrogens with zero attached hydrogens (tertiary/aromatic N) is 3. The molecule has 7 nitrogen and oxygen atoms in total. The van der Waals surface area contributed by atoms with E-state index in [4.69, 9.17) is 4.74 Å². The van der Waals surface area contributed by atoms with E-state index < -0.39 is 10.7 Å². The van der Waals surface area contributed by atoms with Crippen LogP contribution in [0.3, 0.4) is 0 Å². The Labute approximate surface area is 120 Å². The van der Waals surface area contributed by atoms with Crippen molar-refractivity contribution in [2.75, 3.05) is 11.9 Å². The van der Waals surface area contributed by atoms with Gasteiger partial charge in [0.05, 0.1) is 10.5 Å². The average molecular weight is 292 g/mol. The van der Waals surface area contributed by atoms with E-state index in [0.717, 1.165) is 18.2 Å². The third-order valence-electron chi connectivity index (χ3n) is 2.71. The maximum absolute atomic E-state index is 13.3. The van der Waals surface area contributed by atoms with Crippen LogP contribution in [0, 0.1) is 22.9 Å². The summed E-state index contributed by atoms with van der Waals surface area (Å²) in [5.74, 6) is -0.144. The molecule has 0 unspecified atom stereocenters. The van der Waals surface area contributed by atoms with Crippen LogP contribution in [-0.2, 0) is 0 Å². The summed E-state index contributed by atoms with van der Waals surface area (Å²) in [7, 11) is 0. The number of anilines is 1. The standard InChI is InChI=1S/C13H13FN4O3/c1-3-15-12-8(2)13(17-7-16-12)21-11-6-9(14)4-5-10(11)18(19)20/h4-7H,3H2,1-2H3,(H,15,16,17). The lowest BCUT2D eigenvalue weighted by molar-refractivity contribution is -0.385. The summed E-state index contributed by atoms with van der Waals surface area (Å²) in [6.07, 6.45) is 1.27. The second kappa shape index (κ2) is 6.12. The number of aromatic nitrogens is 2. The van der Waals surface area contributed by atoms with Crippen molar-refractivity contribution in [3.05, 3.63) is 46.0 Å². The van der Waals surface area contributed by atoms with Gasteiger partial charge in [-0.05, 0) is 19.9 Å². The monoisotopic (exact) mass is 292 g/mol. The molecule has 21 heavy (non-hydrogen) atoms. The normalized spacial score (nSPS) is 10.2. The largest absolute Gasteiger partial charge is 0.431 e. The fourth-order valence-electron chi connectivity index (χ4n) is 1.71. The van der Waals surface area contributed by atoms with Gasteiger partial charge in [0.25, 0.3) is 0 Å². The molecular weight excluding hydrogens is 279 g/mol. The van der Waals surface area contributed by atoms with Crippen LogP contribution in [0.4, 0.5) is 15.9 Å². The number of nitro groups is 1. The van der Waals surface area contributed by atoms with Gasteiger partial charge in [0.2, 0.25) is 11.6 Å². The molecule has 0 fully saturated rings. The van der Waals surface area contributed by atoms with Crippen molar-refractivity contribution in [1.82, 2.24) is 9.97 Å². The van der Waals surface area contributed by atoms with Crippen molar-refractivity contribution >= 4 is 11.5 Å². The summed E-state index contributed by atoms with van der Waals surface area (Å²) in [5.41, 5.74) is 0.248. The third-order valence-corrected chi connectivity index (χ3v) is 2.71. The number of nitro benzene ring substituents is 1. The highest BCUT2D eigenvalue weighted by atomic mass is 19.1. The Morgan fingerprint density at radius 2 is 2.19 bits per heavy atom. The Morgan fingerprint density at radius 1 is 1.43 bits per heavy atom. The maximum atomic E-state index is 13.3. The molecule has 0 bridgehead atoms. The number of halogens is 1. The summed E-state index contributed by atoms with van der Waals surface area (Å²) in [6, 6.07) is 3.00. The summed E-state index contributed by atoms with van der Waals surface area (Å²) < 4.78 is 18.7. The third kappa shape index (κ3) is 3.22. The highest BCUT2D eigenvalue weighted by molar-refractivity contribution is 5.52. The van der Waals surface area contributed by atoms with Gasteiger partial charge in [0.1, 0.15) is 18.0 Å².